The van der Waals surface area contributed by atoms with E-state index in [2.05, 4.69) is 36.5 Å². The molecule has 1 saturated heterocycles. The molecular weight excluding hydrogens is 318 g/mol. The number of nitrogens with zero attached hydrogens (tertiary/aromatic N) is 3. The van der Waals surface area contributed by atoms with E-state index in [1.54, 1.807) is 11.9 Å². The van der Waals surface area contributed by atoms with E-state index >= 15 is 0 Å². The van der Waals surface area contributed by atoms with Gasteiger partial charge in [0.05, 0.1) is 23.2 Å². The summed E-state index contributed by atoms with van der Waals surface area (Å²) in [5.41, 5.74) is 1.84. The average Bonchev–Trinajstić information content (AvgIpc) is 2.96. The number of piperidine rings is 1. The van der Waals surface area contributed by atoms with Gasteiger partial charge in [-0.25, -0.2) is 4.79 Å². The van der Waals surface area contributed by atoms with E-state index in [1.165, 1.54) is 0 Å². The van der Waals surface area contributed by atoms with Gasteiger partial charge in [-0.1, -0.05) is 0 Å². The van der Waals surface area contributed by atoms with Crippen molar-refractivity contribution in [3.8, 4) is 0 Å². The summed E-state index contributed by atoms with van der Waals surface area (Å²) in [4.78, 5) is 26.2. The quantitative estimate of drug-likeness (QED) is 0.878. The number of hydrogen-bond donors (Lipinski definition) is 2. The first-order valence-electron chi connectivity index (χ1n) is 8.97. The fourth-order valence-electron chi connectivity index (χ4n) is 3.18. The van der Waals surface area contributed by atoms with Crippen LogP contribution in [0, 0.1) is 12.8 Å². The number of aromatic nitrogens is 2. The number of carbonyl (C=O) groups excluding carboxylic acids is 2. The zero-order valence-corrected chi connectivity index (χ0v) is 16.2. The van der Waals surface area contributed by atoms with Gasteiger partial charge in [-0.3, -0.25) is 9.48 Å². The van der Waals surface area contributed by atoms with Gasteiger partial charge in [-0.15, -0.1) is 0 Å². The molecule has 140 valence electrons. The lowest BCUT2D eigenvalue weighted by Crippen LogP contribution is -2.49. The molecular formula is C18H31N5O2. The van der Waals surface area contributed by atoms with Crippen molar-refractivity contribution in [1.29, 1.82) is 0 Å². The Morgan fingerprint density at radius 3 is 2.60 bits per heavy atom. The van der Waals surface area contributed by atoms with Gasteiger partial charge < -0.3 is 15.5 Å². The highest BCUT2D eigenvalue weighted by Crippen LogP contribution is 2.22. The van der Waals surface area contributed by atoms with Crippen LogP contribution in [0.15, 0.2) is 6.20 Å². The van der Waals surface area contributed by atoms with Gasteiger partial charge in [0, 0.05) is 31.9 Å². The van der Waals surface area contributed by atoms with Gasteiger partial charge in [0.1, 0.15) is 0 Å². The maximum Gasteiger partial charge on any atom is 0.317 e. The van der Waals surface area contributed by atoms with Crippen molar-refractivity contribution in [2.75, 3.05) is 20.1 Å². The Bertz CT molecular complexity index is 632. The van der Waals surface area contributed by atoms with Crippen LogP contribution in [0.4, 0.5) is 4.79 Å². The first-order chi connectivity index (χ1) is 11.6. The van der Waals surface area contributed by atoms with E-state index in [0.29, 0.717) is 13.1 Å². The van der Waals surface area contributed by atoms with Crippen LogP contribution in [0.3, 0.4) is 0 Å². The standard InChI is InChI=1S/C18H31N5O2/c1-12(15-11-23(18(3,4)5)21-13(15)2)20-17(25)22-9-7-8-14(10-22)16(24)19-6/h11-12,14H,7-10H2,1-6H3,(H,19,24)(H,20,25)/t12-,14+/m0/s1. The molecule has 0 aliphatic carbocycles. The number of rotatable bonds is 3. The molecule has 2 N–H and O–H groups in total. The number of aryl methyl sites for hydroxylation is 1. The van der Waals surface area contributed by atoms with E-state index in [9.17, 15) is 9.59 Å². The fraction of sp³-hybridized carbons (Fsp3) is 0.722. The fourth-order valence-corrected chi connectivity index (χ4v) is 3.18. The third kappa shape index (κ3) is 4.52. The average molecular weight is 349 g/mol. The molecule has 7 nitrogen and oxygen atoms in total. The van der Waals surface area contributed by atoms with Crippen LogP contribution in [0.5, 0.6) is 0 Å². The van der Waals surface area contributed by atoms with Gasteiger partial charge >= 0.3 is 6.03 Å². The molecule has 1 aliphatic rings. The van der Waals surface area contributed by atoms with E-state index in [1.807, 2.05) is 24.7 Å². The highest BCUT2D eigenvalue weighted by Gasteiger charge is 2.29. The molecule has 1 aromatic heterocycles. The molecule has 2 atom stereocenters. The Morgan fingerprint density at radius 1 is 1.36 bits per heavy atom. The second-order valence-electron chi connectivity index (χ2n) is 7.86. The molecule has 3 amide bonds. The second-order valence-corrected chi connectivity index (χ2v) is 7.86. The van der Waals surface area contributed by atoms with Crippen molar-refractivity contribution in [1.82, 2.24) is 25.3 Å². The zero-order chi connectivity index (χ0) is 18.8. The topological polar surface area (TPSA) is 79.3 Å². The first kappa shape index (κ1) is 19.3. The van der Waals surface area contributed by atoms with Crippen LogP contribution >= 0.6 is 0 Å². The third-order valence-electron chi connectivity index (χ3n) is 4.76. The van der Waals surface area contributed by atoms with Crippen LogP contribution < -0.4 is 10.6 Å². The van der Waals surface area contributed by atoms with Gasteiger partial charge in [-0.05, 0) is 47.5 Å². The van der Waals surface area contributed by atoms with Crippen molar-refractivity contribution in [2.24, 2.45) is 5.92 Å². The van der Waals surface area contributed by atoms with E-state index in [0.717, 1.165) is 24.1 Å². The lowest BCUT2D eigenvalue weighted by molar-refractivity contribution is -0.125. The molecule has 1 fully saturated rings. The molecule has 25 heavy (non-hydrogen) atoms. The summed E-state index contributed by atoms with van der Waals surface area (Å²) >= 11 is 0. The van der Waals surface area contributed by atoms with Crippen LogP contribution in [-0.4, -0.2) is 46.8 Å². The lowest BCUT2D eigenvalue weighted by Gasteiger charge is -2.32. The molecule has 0 spiro atoms. The van der Waals surface area contributed by atoms with E-state index in [-0.39, 0.29) is 29.4 Å². The van der Waals surface area contributed by atoms with Gasteiger partial charge in [0.2, 0.25) is 5.91 Å². The second kappa shape index (κ2) is 7.45. The maximum absolute atomic E-state index is 12.6. The Hall–Kier alpha value is -2.05. The number of nitrogens with one attached hydrogen (secondary N) is 2. The highest BCUT2D eigenvalue weighted by molar-refractivity contribution is 5.80. The minimum Gasteiger partial charge on any atom is -0.359 e. The molecule has 2 rings (SSSR count). The van der Waals surface area contributed by atoms with Crippen LogP contribution in [0.25, 0.3) is 0 Å². The summed E-state index contributed by atoms with van der Waals surface area (Å²) in [5.74, 6) is -0.113. The highest BCUT2D eigenvalue weighted by atomic mass is 16.2. The van der Waals surface area contributed by atoms with Crippen molar-refractivity contribution >= 4 is 11.9 Å². The Balaban J connectivity index is 2.03. The summed E-state index contributed by atoms with van der Waals surface area (Å²) < 4.78 is 1.93. The Labute approximate surface area is 150 Å². The predicted octanol–water partition coefficient (Wildman–Crippen LogP) is 2.18. The molecule has 1 aromatic rings. The van der Waals surface area contributed by atoms with Gasteiger partial charge in [-0.2, -0.15) is 5.10 Å². The number of carbonyl (C=O) groups is 2. The lowest BCUT2D eigenvalue weighted by atomic mass is 9.97. The molecule has 0 aromatic carbocycles. The minimum absolute atomic E-state index is 0.00727. The van der Waals surface area contributed by atoms with E-state index in [4.69, 9.17) is 0 Å². The molecule has 0 bridgehead atoms. The van der Waals surface area contributed by atoms with Crippen LogP contribution in [-0.2, 0) is 10.3 Å². The summed E-state index contributed by atoms with van der Waals surface area (Å²) in [6.45, 7) is 11.4. The van der Waals surface area contributed by atoms with E-state index < -0.39 is 0 Å². The normalized spacial score (nSPS) is 19.4. The monoisotopic (exact) mass is 349 g/mol. The predicted molar refractivity (Wildman–Crippen MR) is 97.3 cm³/mol. The maximum atomic E-state index is 12.6. The zero-order valence-electron chi connectivity index (χ0n) is 16.2. The number of amides is 3. The number of urea groups is 1. The van der Waals surface area contributed by atoms with Crippen molar-refractivity contribution in [3.63, 3.8) is 0 Å². The van der Waals surface area contributed by atoms with Crippen molar-refractivity contribution < 1.29 is 9.59 Å². The van der Waals surface area contributed by atoms with Crippen molar-refractivity contribution in [3.05, 3.63) is 17.5 Å². The summed E-state index contributed by atoms with van der Waals surface area (Å²) in [7, 11) is 1.64. The molecule has 1 aliphatic heterocycles. The first-order valence-corrected chi connectivity index (χ1v) is 8.97. The minimum atomic E-state index is -0.135. The SMILES string of the molecule is CNC(=O)[C@@H]1CCCN(C(=O)N[C@@H](C)c2cn(C(C)(C)C)nc2C)C1. The van der Waals surface area contributed by atoms with Crippen molar-refractivity contribution in [2.45, 2.75) is 59.0 Å². The summed E-state index contributed by atoms with van der Waals surface area (Å²) in [6.07, 6.45) is 3.68. The number of likely N-dealkylation sites (tertiary alicyclic amines) is 1. The Kier molecular flexibility index (Phi) is 5.75. The third-order valence-corrected chi connectivity index (χ3v) is 4.76. The molecule has 0 unspecified atom stereocenters. The molecule has 0 radical (unpaired) electrons. The molecule has 7 heteroatoms. The smallest absolute Gasteiger partial charge is 0.317 e. The van der Waals surface area contributed by atoms with Gasteiger partial charge in [0.25, 0.3) is 0 Å². The van der Waals surface area contributed by atoms with Crippen LogP contribution in [0.2, 0.25) is 0 Å². The van der Waals surface area contributed by atoms with Gasteiger partial charge in [0.15, 0.2) is 0 Å². The molecule has 2 heterocycles. The van der Waals surface area contributed by atoms with Crippen LogP contribution in [0.1, 0.15) is 57.8 Å². The Morgan fingerprint density at radius 2 is 2.04 bits per heavy atom. The summed E-state index contributed by atoms with van der Waals surface area (Å²) in [6, 6.07) is -0.256. The number of hydrogen-bond acceptors (Lipinski definition) is 3. The largest absolute Gasteiger partial charge is 0.359 e. The summed E-state index contributed by atoms with van der Waals surface area (Å²) in [5, 5.41) is 10.3. The molecule has 0 saturated carbocycles.